The van der Waals surface area contributed by atoms with Crippen LogP contribution in [0.5, 0.6) is 5.75 Å². The number of methoxy groups -OCH3 is 1. The first-order chi connectivity index (χ1) is 17.3. The van der Waals surface area contributed by atoms with Crippen molar-refractivity contribution in [3.63, 3.8) is 0 Å². The summed E-state index contributed by atoms with van der Waals surface area (Å²) in [6.07, 6.45) is 0.533. The van der Waals surface area contributed by atoms with E-state index in [2.05, 4.69) is 0 Å². The summed E-state index contributed by atoms with van der Waals surface area (Å²) in [4.78, 5) is 67.0. The number of amides is 4. The lowest BCUT2D eigenvalue weighted by molar-refractivity contribution is -0.131. The Kier molecular flexibility index (Phi) is 7.44. The van der Waals surface area contributed by atoms with Gasteiger partial charge in [-0.15, -0.1) is 0 Å². The van der Waals surface area contributed by atoms with Gasteiger partial charge in [0, 0.05) is 64.5 Å². The number of esters is 1. The van der Waals surface area contributed by atoms with Gasteiger partial charge in [0.05, 0.1) is 11.1 Å². The van der Waals surface area contributed by atoms with E-state index in [1.807, 2.05) is 0 Å². The second-order valence-corrected chi connectivity index (χ2v) is 8.57. The van der Waals surface area contributed by atoms with E-state index in [9.17, 15) is 24.0 Å². The van der Waals surface area contributed by atoms with Crippen molar-refractivity contribution in [2.75, 3.05) is 46.4 Å². The smallest absolute Gasteiger partial charge is 0.308 e. The van der Waals surface area contributed by atoms with E-state index in [4.69, 9.17) is 9.47 Å². The molecule has 1 saturated heterocycles. The summed E-state index contributed by atoms with van der Waals surface area (Å²) in [6, 6.07) is 11.0. The van der Waals surface area contributed by atoms with Crippen molar-refractivity contribution >= 4 is 29.6 Å². The van der Waals surface area contributed by atoms with E-state index in [1.54, 1.807) is 41.2 Å². The summed E-state index contributed by atoms with van der Waals surface area (Å²) in [7, 11) is 1.55. The first-order valence-electron chi connectivity index (χ1n) is 11.7. The Morgan fingerprint density at radius 2 is 1.44 bits per heavy atom. The molecule has 0 saturated carbocycles. The van der Waals surface area contributed by atoms with Gasteiger partial charge in [-0.2, -0.15) is 0 Å². The van der Waals surface area contributed by atoms with Crippen LogP contribution in [0.2, 0.25) is 0 Å². The number of hydrogen-bond donors (Lipinski definition) is 0. The fourth-order valence-corrected chi connectivity index (χ4v) is 4.33. The number of hydrogen-bond acceptors (Lipinski definition) is 7. The van der Waals surface area contributed by atoms with Crippen molar-refractivity contribution in [3.8, 4) is 5.75 Å². The van der Waals surface area contributed by atoms with Gasteiger partial charge in [0.2, 0.25) is 0 Å². The summed E-state index contributed by atoms with van der Waals surface area (Å²) in [6.45, 7) is 3.28. The molecule has 0 N–H and O–H groups in total. The normalized spacial score (nSPS) is 15.2. The molecular weight excluding hydrogens is 466 g/mol. The second-order valence-electron chi connectivity index (χ2n) is 8.57. The predicted molar refractivity (Wildman–Crippen MR) is 128 cm³/mol. The quantitative estimate of drug-likeness (QED) is 0.250. The fraction of sp³-hybridized carbons (Fsp3) is 0.346. The highest BCUT2D eigenvalue weighted by Gasteiger charge is 2.36. The molecule has 10 nitrogen and oxygen atoms in total. The summed E-state index contributed by atoms with van der Waals surface area (Å²) in [5.41, 5.74) is 1.23. The highest BCUT2D eigenvalue weighted by atomic mass is 16.5. The molecule has 0 spiro atoms. The third kappa shape index (κ3) is 5.13. The molecule has 0 radical (unpaired) electrons. The van der Waals surface area contributed by atoms with Gasteiger partial charge in [-0.1, -0.05) is 6.07 Å². The van der Waals surface area contributed by atoms with Crippen LogP contribution < -0.4 is 4.74 Å². The number of ether oxygens (including phenoxy) is 2. The van der Waals surface area contributed by atoms with Crippen molar-refractivity contribution in [3.05, 3.63) is 64.7 Å². The fourth-order valence-electron chi connectivity index (χ4n) is 4.33. The van der Waals surface area contributed by atoms with Crippen LogP contribution in [0.4, 0.5) is 0 Å². The number of benzene rings is 2. The number of nitrogens with zero attached hydrogens (tertiary/aromatic N) is 3. The molecule has 0 aliphatic carbocycles. The Morgan fingerprint density at radius 1 is 0.833 bits per heavy atom. The molecule has 0 aromatic heterocycles. The molecule has 0 unspecified atom stereocenters. The molecule has 2 aliphatic rings. The average molecular weight is 494 g/mol. The lowest BCUT2D eigenvalue weighted by Gasteiger charge is -2.35. The zero-order valence-electron chi connectivity index (χ0n) is 20.2. The SMILES string of the molecule is COCCCN1C(=O)c2ccc(C(=O)N3CCN(C(=O)c4cccc(OC(C)=O)c4)CC3)cc2C1=O. The van der Waals surface area contributed by atoms with Gasteiger partial charge in [-0.05, 0) is 42.8 Å². The number of carbonyl (C=O) groups excluding carboxylic acids is 5. The predicted octanol–water partition coefficient (Wildman–Crippen LogP) is 1.84. The van der Waals surface area contributed by atoms with Crippen LogP contribution >= 0.6 is 0 Å². The van der Waals surface area contributed by atoms with Crippen LogP contribution in [0.25, 0.3) is 0 Å². The molecule has 2 aromatic rings. The number of imide groups is 1. The van der Waals surface area contributed by atoms with E-state index in [-0.39, 0.29) is 29.8 Å². The number of rotatable bonds is 7. The molecule has 0 bridgehead atoms. The lowest BCUT2D eigenvalue weighted by atomic mass is 10.0. The number of piperazine rings is 1. The highest BCUT2D eigenvalue weighted by Crippen LogP contribution is 2.25. The lowest BCUT2D eigenvalue weighted by Crippen LogP contribution is -2.50. The zero-order chi connectivity index (χ0) is 25.8. The summed E-state index contributed by atoms with van der Waals surface area (Å²) in [5, 5.41) is 0. The monoisotopic (exact) mass is 493 g/mol. The molecule has 10 heteroatoms. The third-order valence-corrected chi connectivity index (χ3v) is 6.14. The second kappa shape index (κ2) is 10.7. The van der Waals surface area contributed by atoms with Crippen molar-refractivity contribution in [1.82, 2.24) is 14.7 Å². The minimum atomic E-state index is -0.469. The summed E-state index contributed by atoms with van der Waals surface area (Å²) >= 11 is 0. The maximum atomic E-state index is 13.1. The van der Waals surface area contributed by atoms with Crippen molar-refractivity contribution in [1.29, 1.82) is 0 Å². The molecule has 0 atom stereocenters. The molecule has 2 aliphatic heterocycles. The number of fused-ring (bicyclic) bond motifs is 1. The van der Waals surface area contributed by atoms with Crippen molar-refractivity contribution in [2.45, 2.75) is 13.3 Å². The van der Waals surface area contributed by atoms with Crippen molar-refractivity contribution < 1.29 is 33.4 Å². The van der Waals surface area contributed by atoms with Gasteiger partial charge in [-0.25, -0.2) is 0 Å². The Balaban J connectivity index is 1.39. The van der Waals surface area contributed by atoms with Crippen LogP contribution in [0.1, 0.15) is 54.8 Å². The van der Waals surface area contributed by atoms with Gasteiger partial charge in [0.1, 0.15) is 5.75 Å². The standard InChI is InChI=1S/C26H27N3O7/c1-17(30)36-20-6-3-5-18(15-20)23(31)27-10-12-28(13-11-27)24(32)19-7-8-21-22(16-19)26(34)29(25(21)33)9-4-14-35-2/h3,5-8,15-16H,4,9-14H2,1-2H3. The van der Waals surface area contributed by atoms with Gasteiger partial charge < -0.3 is 19.3 Å². The summed E-state index contributed by atoms with van der Waals surface area (Å²) < 4.78 is 10.0. The Labute approximate surface area is 208 Å². The zero-order valence-corrected chi connectivity index (χ0v) is 20.2. The average Bonchev–Trinajstić information content (AvgIpc) is 3.12. The molecule has 1 fully saturated rings. The Morgan fingerprint density at radius 3 is 2.06 bits per heavy atom. The van der Waals surface area contributed by atoms with E-state index < -0.39 is 11.9 Å². The van der Waals surface area contributed by atoms with Gasteiger partial charge in [-0.3, -0.25) is 28.9 Å². The van der Waals surface area contributed by atoms with E-state index >= 15 is 0 Å². The van der Waals surface area contributed by atoms with Crippen LogP contribution in [-0.4, -0.2) is 90.7 Å². The maximum absolute atomic E-state index is 13.1. The minimum Gasteiger partial charge on any atom is -0.427 e. The van der Waals surface area contributed by atoms with Crippen molar-refractivity contribution in [2.24, 2.45) is 0 Å². The van der Waals surface area contributed by atoms with Gasteiger partial charge >= 0.3 is 5.97 Å². The first-order valence-corrected chi connectivity index (χ1v) is 11.7. The molecular formula is C26H27N3O7. The van der Waals surface area contributed by atoms with E-state index in [1.165, 1.54) is 30.0 Å². The third-order valence-electron chi connectivity index (χ3n) is 6.14. The molecule has 4 rings (SSSR count). The van der Waals surface area contributed by atoms with Crippen LogP contribution in [0, 0.1) is 0 Å². The number of carbonyl (C=O) groups is 5. The van der Waals surface area contributed by atoms with Crippen LogP contribution in [0.15, 0.2) is 42.5 Å². The molecule has 2 heterocycles. The molecule has 188 valence electrons. The largest absolute Gasteiger partial charge is 0.427 e. The van der Waals surface area contributed by atoms with Crippen LogP contribution in [0.3, 0.4) is 0 Å². The Hall–Kier alpha value is -4.05. The first kappa shape index (κ1) is 25.1. The van der Waals surface area contributed by atoms with E-state index in [0.717, 1.165) is 0 Å². The molecule has 2 aromatic carbocycles. The Bertz CT molecular complexity index is 1220. The topological polar surface area (TPSA) is 114 Å². The van der Waals surface area contributed by atoms with Gasteiger partial charge in [0.15, 0.2) is 0 Å². The van der Waals surface area contributed by atoms with E-state index in [0.29, 0.717) is 61.6 Å². The summed E-state index contributed by atoms with van der Waals surface area (Å²) in [5.74, 6) is -1.43. The maximum Gasteiger partial charge on any atom is 0.308 e. The molecule has 4 amide bonds. The van der Waals surface area contributed by atoms with Crippen LogP contribution in [-0.2, 0) is 9.53 Å². The van der Waals surface area contributed by atoms with Gasteiger partial charge in [0.25, 0.3) is 23.6 Å². The highest BCUT2D eigenvalue weighted by molar-refractivity contribution is 6.22. The molecule has 36 heavy (non-hydrogen) atoms. The minimum absolute atomic E-state index is 0.216.